The lowest BCUT2D eigenvalue weighted by Gasteiger charge is -2.30. The number of benzene rings is 1. The molecule has 1 rings (SSSR count). The average molecular weight is 294 g/mol. The number of thioether (sulfide) groups is 1. The minimum Gasteiger partial charge on any atom is -0.343 e. The number of rotatable bonds is 7. The van der Waals surface area contributed by atoms with Crippen molar-refractivity contribution in [3.05, 3.63) is 35.9 Å². The van der Waals surface area contributed by atoms with Crippen LogP contribution in [0.2, 0.25) is 0 Å². The van der Waals surface area contributed by atoms with Crippen molar-refractivity contribution in [2.24, 2.45) is 11.7 Å². The van der Waals surface area contributed by atoms with Gasteiger partial charge in [0.05, 0.1) is 5.92 Å². The molecule has 0 radical (unpaired) electrons. The zero-order valence-corrected chi connectivity index (χ0v) is 13.7. The molecular formula is C16H26N2OS. The van der Waals surface area contributed by atoms with E-state index < -0.39 is 0 Å². The Balaban J connectivity index is 2.66. The van der Waals surface area contributed by atoms with Gasteiger partial charge in [-0.25, -0.2) is 0 Å². The van der Waals surface area contributed by atoms with Crippen LogP contribution in [0.3, 0.4) is 0 Å². The van der Waals surface area contributed by atoms with Crippen molar-refractivity contribution < 1.29 is 4.79 Å². The van der Waals surface area contributed by atoms with Gasteiger partial charge in [-0.3, -0.25) is 4.79 Å². The van der Waals surface area contributed by atoms with Crippen LogP contribution in [0.5, 0.6) is 0 Å². The molecule has 0 aliphatic carbocycles. The Morgan fingerprint density at radius 1 is 1.30 bits per heavy atom. The van der Waals surface area contributed by atoms with Gasteiger partial charge >= 0.3 is 0 Å². The van der Waals surface area contributed by atoms with Crippen molar-refractivity contribution in [1.82, 2.24) is 4.90 Å². The number of nitrogens with zero attached hydrogens (tertiary/aromatic N) is 1. The van der Waals surface area contributed by atoms with Gasteiger partial charge in [0, 0.05) is 19.1 Å². The van der Waals surface area contributed by atoms with Crippen LogP contribution < -0.4 is 5.73 Å². The van der Waals surface area contributed by atoms with Crippen molar-refractivity contribution >= 4 is 17.7 Å². The van der Waals surface area contributed by atoms with Crippen molar-refractivity contribution in [3.63, 3.8) is 0 Å². The normalized spacial score (nSPS) is 15.4. The molecule has 0 spiro atoms. The predicted octanol–water partition coefficient (Wildman–Crippen LogP) is 2.92. The Hall–Kier alpha value is -1.00. The van der Waals surface area contributed by atoms with Gasteiger partial charge in [0.15, 0.2) is 0 Å². The van der Waals surface area contributed by atoms with Gasteiger partial charge < -0.3 is 10.6 Å². The fourth-order valence-corrected chi connectivity index (χ4v) is 2.71. The molecule has 0 bridgehead atoms. The molecule has 0 aromatic heterocycles. The van der Waals surface area contributed by atoms with Crippen molar-refractivity contribution in [2.45, 2.75) is 32.4 Å². The van der Waals surface area contributed by atoms with E-state index in [0.29, 0.717) is 0 Å². The lowest BCUT2D eigenvalue weighted by Crippen LogP contribution is -2.41. The molecule has 3 atom stereocenters. The summed E-state index contributed by atoms with van der Waals surface area (Å²) in [7, 11) is 1.88. The summed E-state index contributed by atoms with van der Waals surface area (Å²) in [6.45, 7) is 4.01. The summed E-state index contributed by atoms with van der Waals surface area (Å²) in [5.41, 5.74) is 7.24. The Morgan fingerprint density at radius 2 is 1.90 bits per heavy atom. The molecule has 0 saturated carbocycles. The van der Waals surface area contributed by atoms with Gasteiger partial charge in [-0.2, -0.15) is 11.8 Å². The summed E-state index contributed by atoms with van der Waals surface area (Å²) in [6.07, 6.45) is 3.10. The molecule has 2 N–H and O–H groups in total. The van der Waals surface area contributed by atoms with Gasteiger partial charge in [-0.15, -0.1) is 0 Å². The van der Waals surface area contributed by atoms with Crippen molar-refractivity contribution in [1.29, 1.82) is 0 Å². The standard InChI is InChI=1S/C16H26N2OS/c1-12(10-11-20-4)18(3)16(19)13(2)15(17)14-8-6-5-7-9-14/h5-9,12-13,15H,10-11,17H2,1-4H3. The third-order valence-electron chi connectivity index (χ3n) is 3.86. The van der Waals surface area contributed by atoms with Crippen LogP contribution in [0.25, 0.3) is 0 Å². The topological polar surface area (TPSA) is 46.3 Å². The molecule has 1 amide bonds. The number of nitrogens with two attached hydrogens (primary N) is 1. The summed E-state index contributed by atoms with van der Waals surface area (Å²) < 4.78 is 0. The first-order chi connectivity index (χ1) is 9.49. The smallest absolute Gasteiger partial charge is 0.227 e. The number of carbonyl (C=O) groups is 1. The van der Waals surface area contributed by atoms with Crippen LogP contribution in [0.15, 0.2) is 30.3 Å². The average Bonchev–Trinajstić information content (AvgIpc) is 2.50. The number of amides is 1. The van der Waals surface area contributed by atoms with Crippen LogP contribution in [-0.2, 0) is 4.79 Å². The molecule has 3 nitrogen and oxygen atoms in total. The van der Waals surface area contributed by atoms with E-state index in [2.05, 4.69) is 13.2 Å². The van der Waals surface area contributed by atoms with E-state index in [0.717, 1.165) is 17.7 Å². The molecule has 112 valence electrons. The molecule has 0 aliphatic rings. The second-order valence-corrected chi connectivity index (χ2v) is 6.29. The lowest BCUT2D eigenvalue weighted by atomic mass is 9.94. The Labute approximate surface area is 126 Å². The van der Waals surface area contributed by atoms with Gasteiger partial charge in [0.1, 0.15) is 0 Å². The van der Waals surface area contributed by atoms with Crippen LogP contribution in [-0.4, -0.2) is 35.9 Å². The van der Waals surface area contributed by atoms with E-state index in [9.17, 15) is 4.79 Å². The molecular weight excluding hydrogens is 268 g/mol. The van der Waals surface area contributed by atoms with E-state index in [-0.39, 0.29) is 23.9 Å². The molecule has 1 aromatic carbocycles. The highest BCUT2D eigenvalue weighted by Gasteiger charge is 2.26. The minimum atomic E-state index is -0.251. The maximum atomic E-state index is 12.5. The fraction of sp³-hybridized carbons (Fsp3) is 0.562. The molecule has 3 unspecified atom stereocenters. The van der Waals surface area contributed by atoms with Crippen molar-refractivity contribution in [2.75, 3.05) is 19.1 Å². The zero-order valence-electron chi connectivity index (χ0n) is 12.9. The molecule has 1 aromatic rings. The first kappa shape index (κ1) is 17.1. The van der Waals surface area contributed by atoms with Gasteiger partial charge in [0.25, 0.3) is 0 Å². The second kappa shape index (κ2) is 8.32. The Morgan fingerprint density at radius 3 is 2.45 bits per heavy atom. The predicted molar refractivity (Wildman–Crippen MR) is 87.8 cm³/mol. The Kier molecular flexibility index (Phi) is 7.10. The summed E-state index contributed by atoms with van der Waals surface area (Å²) >= 11 is 1.81. The monoisotopic (exact) mass is 294 g/mol. The van der Waals surface area contributed by atoms with Gasteiger partial charge in [-0.05, 0) is 30.9 Å². The highest BCUT2D eigenvalue weighted by Crippen LogP contribution is 2.22. The van der Waals surface area contributed by atoms with Crippen LogP contribution in [0.1, 0.15) is 31.9 Å². The molecule has 0 aliphatic heterocycles. The molecule has 20 heavy (non-hydrogen) atoms. The maximum Gasteiger partial charge on any atom is 0.227 e. The molecule has 0 saturated heterocycles. The third-order valence-corrected chi connectivity index (χ3v) is 4.51. The highest BCUT2D eigenvalue weighted by atomic mass is 32.2. The number of carbonyl (C=O) groups excluding carboxylic acids is 1. The highest BCUT2D eigenvalue weighted by molar-refractivity contribution is 7.98. The first-order valence-corrected chi connectivity index (χ1v) is 8.44. The minimum absolute atomic E-state index is 0.120. The summed E-state index contributed by atoms with van der Waals surface area (Å²) in [6, 6.07) is 9.82. The first-order valence-electron chi connectivity index (χ1n) is 7.05. The SMILES string of the molecule is CSCCC(C)N(C)C(=O)C(C)C(N)c1ccccc1. The fourth-order valence-electron chi connectivity index (χ4n) is 2.14. The Bertz CT molecular complexity index is 410. The summed E-state index contributed by atoms with van der Waals surface area (Å²) in [4.78, 5) is 14.3. The largest absolute Gasteiger partial charge is 0.343 e. The van der Waals surface area contributed by atoms with Gasteiger partial charge in [-0.1, -0.05) is 37.3 Å². The number of hydrogen-bond donors (Lipinski definition) is 1. The quantitative estimate of drug-likeness (QED) is 0.841. The van der Waals surface area contributed by atoms with E-state index in [1.54, 1.807) is 0 Å². The van der Waals surface area contributed by atoms with E-state index >= 15 is 0 Å². The third kappa shape index (κ3) is 4.53. The molecule has 4 heteroatoms. The van der Waals surface area contributed by atoms with E-state index in [4.69, 9.17) is 5.73 Å². The van der Waals surface area contributed by atoms with Crippen molar-refractivity contribution in [3.8, 4) is 0 Å². The van der Waals surface area contributed by atoms with E-state index in [1.165, 1.54) is 0 Å². The second-order valence-electron chi connectivity index (χ2n) is 5.30. The molecule has 0 fully saturated rings. The van der Waals surface area contributed by atoms with Gasteiger partial charge in [0.2, 0.25) is 5.91 Å². The summed E-state index contributed by atoms with van der Waals surface area (Å²) in [5.74, 6) is 0.979. The maximum absolute atomic E-state index is 12.5. The van der Waals surface area contributed by atoms with Crippen LogP contribution in [0, 0.1) is 5.92 Å². The zero-order chi connectivity index (χ0) is 15.1. The summed E-state index contributed by atoms with van der Waals surface area (Å²) in [5, 5.41) is 0. The van der Waals surface area contributed by atoms with Crippen LogP contribution >= 0.6 is 11.8 Å². The van der Waals surface area contributed by atoms with Crippen LogP contribution in [0.4, 0.5) is 0 Å². The molecule has 0 heterocycles. The number of hydrogen-bond acceptors (Lipinski definition) is 3. The lowest BCUT2D eigenvalue weighted by molar-refractivity contribution is -0.136. The van der Waals surface area contributed by atoms with E-state index in [1.807, 2.05) is 61.0 Å².